The van der Waals surface area contributed by atoms with E-state index in [0.29, 0.717) is 16.7 Å². The maximum Gasteiger partial charge on any atom is 0.432 e. The number of nitrogens with zero attached hydrogens (tertiary/aromatic N) is 5. The Morgan fingerprint density at radius 1 is 0.873 bits per heavy atom. The predicted octanol–water partition coefficient (Wildman–Crippen LogP) is 3.14. The standard InChI is InChI=1S/C50H59F2N9O17S/c1-5-15-53-49(71)32(56-50(72)78-61-41(66)10-11-42(61)67)7-9-38(63)55-22-29-24-60(58-57-29)26-39(64)54-21-27(2)77-44(70)14-8-33(62)37-19-30-36(79-37)20-35(74-4)48(45(30)51)76-17-6-16-75-47-34(73-3)18-28-23-59(25-31(28)46(47)52)40(65)12-13-43(68)69/h18-20,24,27,32H,5-17,21-23,25-26H2,1-4H3,(H,53,71)(H,54,64)(H,55,63)(H,56,72)(H,68,69)/t27-,32-/m0/s1/i10T/t10?,27-,32-. The van der Waals surface area contributed by atoms with Gasteiger partial charge in [0, 0.05) is 81.2 Å². The van der Waals surface area contributed by atoms with Crippen molar-refractivity contribution in [1.82, 2.24) is 46.2 Å². The van der Waals surface area contributed by atoms with Crippen LogP contribution in [0.5, 0.6) is 23.0 Å². The molecular weight excluding hydrogens is 1070 g/mol. The number of amides is 7. The lowest BCUT2D eigenvalue weighted by Gasteiger charge is -2.19. The van der Waals surface area contributed by atoms with E-state index in [4.69, 9.17) is 35.0 Å². The number of methoxy groups -OCH3 is 2. The van der Waals surface area contributed by atoms with Crippen molar-refractivity contribution in [2.24, 2.45) is 0 Å². The Kier molecular flexibility index (Phi) is 20.8. The normalized spacial score (nSPS) is 14.7. The number of ketones is 1. The van der Waals surface area contributed by atoms with Gasteiger partial charge in [0.15, 0.2) is 40.4 Å². The summed E-state index contributed by atoms with van der Waals surface area (Å²) >= 11 is 0.985. The first kappa shape index (κ1) is 58.2. The first-order chi connectivity index (χ1) is 38.2. The second kappa shape index (κ2) is 28.2. The number of Topliss-reactive ketones (excluding diaryl/α,β-unsaturated/α-hetero) is 1. The van der Waals surface area contributed by atoms with Crippen LogP contribution in [0.4, 0.5) is 13.6 Å². The van der Waals surface area contributed by atoms with Gasteiger partial charge in [0.25, 0.3) is 11.8 Å². The van der Waals surface area contributed by atoms with Crippen molar-refractivity contribution in [3.05, 3.63) is 57.7 Å². The quantitative estimate of drug-likeness (QED) is 0.0217. The molecule has 2 aliphatic rings. The van der Waals surface area contributed by atoms with Crippen LogP contribution in [0.3, 0.4) is 0 Å². The molecule has 0 bridgehead atoms. The molecule has 79 heavy (non-hydrogen) atoms. The number of fused-ring (bicyclic) bond motifs is 2. The van der Waals surface area contributed by atoms with E-state index in [-0.39, 0.29) is 147 Å². The lowest BCUT2D eigenvalue weighted by molar-refractivity contribution is -0.171. The fourth-order valence-electron chi connectivity index (χ4n) is 7.85. The van der Waals surface area contributed by atoms with Crippen molar-refractivity contribution in [1.29, 1.82) is 0 Å². The molecule has 1 saturated heterocycles. The zero-order valence-corrected chi connectivity index (χ0v) is 44.3. The zero-order chi connectivity index (χ0) is 58.2. The van der Waals surface area contributed by atoms with Crippen molar-refractivity contribution >= 4 is 80.7 Å². The molecule has 426 valence electrons. The number of thiophene rings is 1. The largest absolute Gasteiger partial charge is 0.493 e. The highest BCUT2D eigenvalue weighted by Gasteiger charge is 2.35. The van der Waals surface area contributed by atoms with Crippen molar-refractivity contribution in [2.75, 3.05) is 40.5 Å². The fraction of sp³-hybridized carbons (Fsp3) is 0.480. The van der Waals surface area contributed by atoms with E-state index in [9.17, 15) is 47.9 Å². The van der Waals surface area contributed by atoms with Crippen LogP contribution in [-0.4, -0.2) is 142 Å². The van der Waals surface area contributed by atoms with Gasteiger partial charge in [-0.3, -0.25) is 43.2 Å². The van der Waals surface area contributed by atoms with Gasteiger partial charge in [-0.1, -0.05) is 12.1 Å². The Morgan fingerprint density at radius 3 is 2.28 bits per heavy atom. The average Bonchev–Trinajstić information content (AvgIpc) is 4.31. The number of benzene rings is 2. The number of aliphatic carboxylic acids is 1. The number of imide groups is 1. The molecule has 1 unspecified atom stereocenters. The van der Waals surface area contributed by atoms with E-state index in [1.54, 1.807) is 13.0 Å². The predicted molar refractivity (Wildman–Crippen MR) is 269 cm³/mol. The van der Waals surface area contributed by atoms with Gasteiger partial charge in [0.1, 0.15) is 24.4 Å². The number of nitrogens with one attached hydrogen (secondary N) is 4. The Hall–Kier alpha value is -8.50. The topological polar surface area (TPSA) is 332 Å². The van der Waals surface area contributed by atoms with Gasteiger partial charge in [0.2, 0.25) is 23.6 Å². The second-order valence-corrected chi connectivity index (χ2v) is 18.9. The van der Waals surface area contributed by atoms with Crippen LogP contribution in [0.25, 0.3) is 10.1 Å². The Morgan fingerprint density at radius 2 is 1.59 bits per heavy atom. The van der Waals surface area contributed by atoms with Crippen molar-refractivity contribution < 1.29 is 91.7 Å². The van der Waals surface area contributed by atoms with Crippen molar-refractivity contribution in [3.8, 4) is 23.0 Å². The average molecular weight is 1130 g/mol. The van der Waals surface area contributed by atoms with Gasteiger partial charge < -0.3 is 59.8 Å². The smallest absolute Gasteiger partial charge is 0.432 e. The number of ether oxygens (including phenoxy) is 5. The van der Waals surface area contributed by atoms with Crippen LogP contribution >= 0.6 is 11.3 Å². The second-order valence-electron chi connectivity index (χ2n) is 17.8. The van der Waals surface area contributed by atoms with Crippen LogP contribution in [0, 0.1) is 11.6 Å². The molecular formula is C50H59F2N9O17S. The van der Waals surface area contributed by atoms with E-state index in [2.05, 4.69) is 31.6 Å². The van der Waals surface area contributed by atoms with E-state index in [1.807, 2.05) is 0 Å². The summed E-state index contributed by atoms with van der Waals surface area (Å²) in [6.45, 7) is 2.90. The molecule has 0 saturated carbocycles. The third kappa shape index (κ3) is 16.5. The monoisotopic (exact) mass is 1130 g/mol. The number of hydroxylamine groups is 2. The Balaban J connectivity index is 0.891. The minimum Gasteiger partial charge on any atom is -0.493 e. The van der Waals surface area contributed by atoms with Gasteiger partial charge >= 0.3 is 18.0 Å². The molecule has 6 rings (SSSR count). The van der Waals surface area contributed by atoms with Crippen LogP contribution in [0.1, 0.15) is 106 Å². The van der Waals surface area contributed by atoms with E-state index < -0.39 is 95.9 Å². The zero-order valence-electron chi connectivity index (χ0n) is 44.4. The molecule has 3 atom stereocenters. The highest BCUT2D eigenvalue weighted by molar-refractivity contribution is 7.20. The lowest BCUT2D eigenvalue weighted by Crippen LogP contribution is -2.49. The van der Waals surface area contributed by atoms with Gasteiger partial charge in [0.05, 0.1) is 64.4 Å². The number of hydrogen-bond donors (Lipinski definition) is 5. The molecule has 2 aliphatic heterocycles. The molecule has 0 radical (unpaired) electrons. The molecule has 5 N–H and O–H groups in total. The third-order valence-electron chi connectivity index (χ3n) is 11.9. The van der Waals surface area contributed by atoms with E-state index in [0.717, 1.165) is 11.3 Å². The molecule has 1 fully saturated rings. The summed E-state index contributed by atoms with van der Waals surface area (Å²) in [6.07, 6.45) is -3.53. The summed E-state index contributed by atoms with van der Waals surface area (Å²) in [7, 11) is 2.64. The Labute approximate surface area is 455 Å². The summed E-state index contributed by atoms with van der Waals surface area (Å²) in [4.78, 5) is 130. The van der Waals surface area contributed by atoms with Gasteiger partial charge in [-0.05, 0) is 37.5 Å². The molecule has 0 aliphatic carbocycles. The molecule has 2 aromatic carbocycles. The highest BCUT2D eigenvalue weighted by atomic mass is 32.1. The number of esters is 1. The summed E-state index contributed by atoms with van der Waals surface area (Å²) in [6, 6.07) is 3.11. The summed E-state index contributed by atoms with van der Waals surface area (Å²) < 4.78 is 68.3. The number of carboxylic acid groups (broad SMARTS) is 1. The Bertz CT molecular complexity index is 3010. The van der Waals surface area contributed by atoms with Gasteiger partial charge in [-0.25, -0.2) is 18.3 Å². The molecule has 4 heterocycles. The SMILES string of the molecule is [3H]C1CC(=O)N(OC(=O)N[C@@H](CCC(=O)NCc2cn(CC(=O)NC[C@H](C)OC(=O)CCC(=O)c3cc4c(F)c(OCCCOc5c(OC)cc6c(c5F)CN(C(=O)CCC(=O)O)C6)c(OC)cc4s3)nn2)C(=O)NCCC)C1=O. The van der Waals surface area contributed by atoms with Crippen LogP contribution in [0.2, 0.25) is 0 Å². The minimum absolute atomic E-state index is 0.0436. The van der Waals surface area contributed by atoms with Crippen molar-refractivity contribution in [2.45, 2.75) is 116 Å². The number of carbonyl (C=O) groups excluding carboxylic acids is 9. The van der Waals surface area contributed by atoms with Gasteiger partial charge in [-0.2, -0.15) is 0 Å². The number of carboxylic acids is 1. The molecule has 0 spiro atoms. The minimum atomic E-state index is -1.42. The first-order valence-corrected chi connectivity index (χ1v) is 25.6. The third-order valence-corrected chi connectivity index (χ3v) is 13.0. The summed E-state index contributed by atoms with van der Waals surface area (Å²) in [5.41, 5.74) is 0.988. The summed E-state index contributed by atoms with van der Waals surface area (Å²) in [5, 5.41) is 26.9. The van der Waals surface area contributed by atoms with Crippen LogP contribution in [0.15, 0.2) is 24.4 Å². The maximum absolute atomic E-state index is 15.9. The van der Waals surface area contributed by atoms with Crippen LogP contribution < -0.4 is 40.2 Å². The van der Waals surface area contributed by atoms with E-state index >= 15 is 8.78 Å². The lowest BCUT2D eigenvalue weighted by atomic mass is 10.1. The molecule has 7 amide bonds. The molecule has 4 aromatic rings. The molecule has 29 heteroatoms. The number of aromatic nitrogens is 3. The van der Waals surface area contributed by atoms with Crippen molar-refractivity contribution in [3.63, 3.8) is 0 Å². The number of rotatable bonds is 30. The first-order valence-electron chi connectivity index (χ1n) is 25.4. The number of hydrogen-bond acceptors (Lipinski definition) is 19. The molecule has 26 nitrogen and oxygen atoms in total. The van der Waals surface area contributed by atoms with E-state index in [1.165, 1.54) is 49.1 Å². The number of halogens is 2. The van der Waals surface area contributed by atoms with Crippen LogP contribution in [-0.2, 0) is 74.1 Å². The number of carbonyl (C=O) groups is 10. The summed E-state index contributed by atoms with van der Waals surface area (Å²) in [5.74, 6) is -8.21. The maximum atomic E-state index is 15.9. The van der Waals surface area contributed by atoms with Gasteiger partial charge in [-0.15, -0.1) is 21.5 Å². The molecule has 2 aromatic heterocycles. The fourth-order valence-corrected chi connectivity index (χ4v) is 8.90. The highest BCUT2D eigenvalue weighted by Crippen LogP contribution is 2.41.